The summed E-state index contributed by atoms with van der Waals surface area (Å²) in [6, 6.07) is 0.500. The van der Waals surface area contributed by atoms with Crippen LogP contribution < -0.4 is 5.32 Å². The molecular formula is C17H35NO. The molecular weight excluding hydrogens is 234 g/mol. The molecule has 1 rings (SSSR count). The first-order valence-corrected chi connectivity index (χ1v) is 8.19. The molecule has 1 aliphatic carbocycles. The van der Waals surface area contributed by atoms with Crippen molar-refractivity contribution in [1.82, 2.24) is 5.32 Å². The molecule has 0 aromatic rings. The lowest BCUT2D eigenvalue weighted by Gasteiger charge is -2.39. The van der Waals surface area contributed by atoms with Gasteiger partial charge in [-0.3, -0.25) is 0 Å². The summed E-state index contributed by atoms with van der Waals surface area (Å²) in [5, 5.41) is 3.62. The van der Waals surface area contributed by atoms with E-state index in [9.17, 15) is 0 Å². The zero-order valence-corrected chi connectivity index (χ0v) is 14.0. The van der Waals surface area contributed by atoms with Gasteiger partial charge in [-0.2, -0.15) is 0 Å². The lowest BCUT2D eigenvalue weighted by Crippen LogP contribution is -2.41. The van der Waals surface area contributed by atoms with Gasteiger partial charge in [-0.05, 0) is 49.5 Å². The molecule has 0 aromatic carbocycles. The summed E-state index contributed by atoms with van der Waals surface area (Å²) in [5.74, 6) is 1.44. The number of hydrogen-bond acceptors (Lipinski definition) is 2. The Morgan fingerprint density at radius 1 is 1.26 bits per heavy atom. The Morgan fingerprint density at radius 3 is 2.47 bits per heavy atom. The van der Waals surface area contributed by atoms with Crippen LogP contribution in [-0.2, 0) is 4.74 Å². The number of rotatable bonds is 7. The van der Waals surface area contributed by atoms with Crippen molar-refractivity contribution in [3.63, 3.8) is 0 Å². The second-order valence-corrected chi connectivity index (χ2v) is 7.67. The first-order chi connectivity index (χ1) is 8.84. The van der Waals surface area contributed by atoms with E-state index in [1.165, 1.54) is 25.7 Å². The third kappa shape index (κ3) is 6.27. The van der Waals surface area contributed by atoms with Gasteiger partial charge in [0.2, 0.25) is 0 Å². The Kier molecular flexibility index (Phi) is 6.82. The van der Waals surface area contributed by atoms with Crippen molar-refractivity contribution in [2.24, 2.45) is 17.3 Å². The molecule has 0 aromatic heterocycles. The Bertz CT molecular complexity index is 250. The van der Waals surface area contributed by atoms with Gasteiger partial charge in [0.1, 0.15) is 0 Å². The zero-order valence-electron chi connectivity index (χ0n) is 14.0. The molecule has 19 heavy (non-hydrogen) atoms. The summed E-state index contributed by atoms with van der Waals surface area (Å²) in [6.07, 6.45) is 5.45. The van der Waals surface area contributed by atoms with Gasteiger partial charge < -0.3 is 10.1 Å². The molecule has 2 heteroatoms. The van der Waals surface area contributed by atoms with Crippen molar-refractivity contribution >= 4 is 0 Å². The summed E-state index contributed by atoms with van der Waals surface area (Å²) in [4.78, 5) is 0. The van der Waals surface area contributed by atoms with E-state index < -0.39 is 0 Å². The highest BCUT2D eigenvalue weighted by Crippen LogP contribution is 2.39. The van der Waals surface area contributed by atoms with Gasteiger partial charge in [-0.1, -0.05) is 41.5 Å². The van der Waals surface area contributed by atoms with Crippen LogP contribution in [0.2, 0.25) is 0 Å². The average Bonchev–Trinajstić information content (AvgIpc) is 2.25. The molecule has 0 spiro atoms. The van der Waals surface area contributed by atoms with E-state index in [2.05, 4.69) is 46.9 Å². The van der Waals surface area contributed by atoms with Crippen LogP contribution in [0.3, 0.4) is 0 Å². The topological polar surface area (TPSA) is 21.3 Å². The van der Waals surface area contributed by atoms with Crippen molar-refractivity contribution < 1.29 is 4.74 Å². The third-order valence-electron chi connectivity index (χ3n) is 4.32. The van der Waals surface area contributed by atoms with Gasteiger partial charge in [0.05, 0.1) is 12.7 Å². The van der Waals surface area contributed by atoms with Gasteiger partial charge in [-0.25, -0.2) is 0 Å². The molecule has 1 aliphatic rings. The molecule has 1 fully saturated rings. The van der Waals surface area contributed by atoms with Gasteiger partial charge in [0.25, 0.3) is 0 Å². The molecule has 0 aliphatic heterocycles. The van der Waals surface area contributed by atoms with E-state index in [0.29, 0.717) is 23.5 Å². The fourth-order valence-corrected chi connectivity index (χ4v) is 3.44. The largest absolute Gasteiger partial charge is 0.377 e. The lowest BCUT2D eigenvalue weighted by atomic mass is 9.71. The monoisotopic (exact) mass is 269 g/mol. The lowest BCUT2D eigenvalue weighted by molar-refractivity contribution is -0.0345. The predicted molar refractivity (Wildman–Crippen MR) is 83.5 cm³/mol. The highest BCUT2D eigenvalue weighted by atomic mass is 16.5. The van der Waals surface area contributed by atoms with E-state index in [1.54, 1.807) is 0 Å². The first kappa shape index (κ1) is 17.0. The molecule has 0 bridgehead atoms. The van der Waals surface area contributed by atoms with Crippen molar-refractivity contribution in [3.8, 4) is 0 Å². The minimum atomic E-state index is 0.451. The summed E-state index contributed by atoms with van der Waals surface area (Å²) < 4.78 is 6.25. The molecule has 0 saturated heterocycles. The minimum Gasteiger partial charge on any atom is -0.377 e. The summed E-state index contributed by atoms with van der Waals surface area (Å²) in [7, 11) is 0. The van der Waals surface area contributed by atoms with Crippen LogP contribution in [0, 0.1) is 17.3 Å². The normalized spacial score (nSPS) is 28.6. The highest BCUT2D eigenvalue weighted by Gasteiger charge is 2.32. The van der Waals surface area contributed by atoms with Crippen molar-refractivity contribution in [2.45, 2.75) is 79.4 Å². The van der Waals surface area contributed by atoms with E-state index in [-0.39, 0.29) is 0 Å². The molecule has 3 atom stereocenters. The van der Waals surface area contributed by atoms with Gasteiger partial charge in [0.15, 0.2) is 0 Å². The van der Waals surface area contributed by atoms with Crippen molar-refractivity contribution in [1.29, 1.82) is 0 Å². The Hall–Kier alpha value is -0.0800. The summed E-state index contributed by atoms with van der Waals surface area (Å²) >= 11 is 0. The fraction of sp³-hybridized carbons (Fsp3) is 1.00. The quantitative estimate of drug-likeness (QED) is 0.746. The van der Waals surface area contributed by atoms with Crippen molar-refractivity contribution in [3.05, 3.63) is 0 Å². The van der Waals surface area contributed by atoms with E-state index in [1.807, 2.05) is 0 Å². The smallest absolute Gasteiger partial charge is 0.0625 e. The Labute approximate surface area is 120 Å². The highest BCUT2D eigenvalue weighted by molar-refractivity contribution is 4.84. The second kappa shape index (κ2) is 7.64. The molecule has 1 N–H and O–H groups in total. The average molecular weight is 269 g/mol. The molecule has 2 nitrogen and oxygen atoms in total. The van der Waals surface area contributed by atoms with Crippen LogP contribution in [0.5, 0.6) is 0 Å². The van der Waals surface area contributed by atoms with E-state index in [4.69, 9.17) is 4.74 Å². The van der Waals surface area contributed by atoms with Crippen LogP contribution in [0.4, 0.5) is 0 Å². The van der Waals surface area contributed by atoms with Crippen LogP contribution in [-0.4, -0.2) is 25.3 Å². The summed E-state index contributed by atoms with van der Waals surface area (Å²) in [6.45, 7) is 15.9. The maximum absolute atomic E-state index is 6.25. The molecule has 0 amide bonds. The second-order valence-electron chi connectivity index (χ2n) is 7.67. The predicted octanol–water partition coefficient (Wildman–Crippen LogP) is 4.24. The number of ether oxygens (including phenoxy) is 1. The maximum atomic E-state index is 6.25. The fourth-order valence-electron chi connectivity index (χ4n) is 3.44. The van der Waals surface area contributed by atoms with Crippen LogP contribution in [0.1, 0.15) is 67.2 Å². The molecule has 0 heterocycles. The van der Waals surface area contributed by atoms with E-state index >= 15 is 0 Å². The third-order valence-corrected chi connectivity index (χ3v) is 4.32. The standard InChI is InChI=1S/C17H35NO/c1-7-8-18-16(13(2)3)12-19-15-9-14(4)10-17(5,6)11-15/h13-16,18H,7-12H2,1-6H3. The van der Waals surface area contributed by atoms with Gasteiger partial charge >= 0.3 is 0 Å². The van der Waals surface area contributed by atoms with Crippen LogP contribution in [0.15, 0.2) is 0 Å². The Morgan fingerprint density at radius 2 is 1.95 bits per heavy atom. The molecule has 3 unspecified atom stereocenters. The molecule has 114 valence electrons. The molecule has 0 radical (unpaired) electrons. The van der Waals surface area contributed by atoms with Gasteiger partial charge in [0, 0.05) is 6.04 Å². The molecule has 1 saturated carbocycles. The Balaban J connectivity index is 2.40. The zero-order chi connectivity index (χ0) is 14.5. The van der Waals surface area contributed by atoms with Crippen LogP contribution >= 0.6 is 0 Å². The SMILES string of the molecule is CCCNC(COC1CC(C)CC(C)(C)C1)C(C)C. The maximum Gasteiger partial charge on any atom is 0.0625 e. The van der Waals surface area contributed by atoms with E-state index in [0.717, 1.165) is 19.1 Å². The number of nitrogens with one attached hydrogen (secondary N) is 1. The van der Waals surface area contributed by atoms with Crippen LogP contribution in [0.25, 0.3) is 0 Å². The minimum absolute atomic E-state index is 0.451. The van der Waals surface area contributed by atoms with Crippen molar-refractivity contribution in [2.75, 3.05) is 13.2 Å². The summed E-state index contributed by atoms with van der Waals surface area (Å²) in [5.41, 5.74) is 0.451. The number of hydrogen-bond donors (Lipinski definition) is 1. The van der Waals surface area contributed by atoms with Gasteiger partial charge in [-0.15, -0.1) is 0 Å². The first-order valence-electron chi connectivity index (χ1n) is 8.19.